The molecule has 3 atom stereocenters. The van der Waals surface area contributed by atoms with Crippen molar-refractivity contribution >= 4 is 29.5 Å². The number of hydrogen-bond acceptors (Lipinski definition) is 5. The molecule has 2 saturated heterocycles. The average molecular weight is 401 g/mol. The number of rotatable bonds is 7. The molecule has 1 aromatic rings. The van der Waals surface area contributed by atoms with Gasteiger partial charge in [0.05, 0.1) is 17.9 Å². The van der Waals surface area contributed by atoms with Crippen LogP contribution in [0.2, 0.25) is 0 Å². The molecule has 2 fully saturated rings. The van der Waals surface area contributed by atoms with Crippen molar-refractivity contribution in [3.05, 3.63) is 41.0 Å². The summed E-state index contributed by atoms with van der Waals surface area (Å²) in [6, 6.07) is 7.94. The minimum atomic E-state index is -0.311. The van der Waals surface area contributed by atoms with Crippen molar-refractivity contribution in [2.45, 2.75) is 55.9 Å². The highest BCUT2D eigenvalue weighted by Gasteiger charge is 2.41. The smallest absolute Gasteiger partial charge is 0.223 e. The van der Waals surface area contributed by atoms with Gasteiger partial charge >= 0.3 is 0 Å². The highest BCUT2D eigenvalue weighted by atomic mass is 32.2. The fourth-order valence-electron chi connectivity index (χ4n) is 4.58. The standard InChI is InChI=1S/C22H28N2O3S/c25-13-18-22(28-14-23-18)21(27)19-8-4-10-24(19)20(26)9-3-5-15-11-16-6-1-2-7-17(16)12-15/h1-2,6-7,11,18-19,22-23,25H,3-5,8-10,12-14H2/t18-,19+,22?/m1/s1. The van der Waals surface area contributed by atoms with Crippen molar-refractivity contribution in [1.82, 2.24) is 10.2 Å². The average Bonchev–Trinajstić information content (AvgIpc) is 3.45. The summed E-state index contributed by atoms with van der Waals surface area (Å²) >= 11 is 1.55. The highest BCUT2D eigenvalue weighted by Crippen LogP contribution is 2.30. The fourth-order valence-corrected chi connectivity index (χ4v) is 5.81. The zero-order chi connectivity index (χ0) is 19.5. The Bertz CT molecular complexity index is 779. The van der Waals surface area contributed by atoms with Gasteiger partial charge in [0.2, 0.25) is 5.91 Å². The number of aliphatic hydroxyl groups is 1. The Labute approximate surface area is 170 Å². The minimum Gasteiger partial charge on any atom is -0.395 e. The number of benzene rings is 1. The number of thioether (sulfide) groups is 1. The molecular weight excluding hydrogens is 372 g/mol. The van der Waals surface area contributed by atoms with E-state index in [1.165, 1.54) is 16.7 Å². The van der Waals surface area contributed by atoms with Gasteiger partial charge in [-0.3, -0.25) is 9.59 Å². The van der Waals surface area contributed by atoms with Crippen LogP contribution in [-0.2, 0) is 16.0 Å². The number of carbonyl (C=O) groups excluding carboxylic acids is 2. The molecule has 4 rings (SSSR count). The molecule has 1 unspecified atom stereocenters. The third kappa shape index (κ3) is 4.04. The lowest BCUT2D eigenvalue weighted by atomic mass is 10.0. The van der Waals surface area contributed by atoms with Gasteiger partial charge in [-0.15, -0.1) is 11.8 Å². The van der Waals surface area contributed by atoms with Crippen molar-refractivity contribution in [3.8, 4) is 0 Å². The molecule has 1 amide bonds. The second-order valence-electron chi connectivity index (χ2n) is 7.90. The Morgan fingerprint density at radius 1 is 1.29 bits per heavy atom. The number of nitrogens with one attached hydrogen (secondary N) is 1. The number of aliphatic hydroxyl groups excluding tert-OH is 1. The monoisotopic (exact) mass is 400 g/mol. The van der Waals surface area contributed by atoms with E-state index in [9.17, 15) is 14.7 Å². The van der Waals surface area contributed by atoms with Crippen LogP contribution in [0.5, 0.6) is 0 Å². The molecular formula is C22H28N2O3S. The van der Waals surface area contributed by atoms with E-state index in [0.29, 0.717) is 18.8 Å². The normalized spacial score (nSPS) is 26.4. The molecule has 0 spiro atoms. The van der Waals surface area contributed by atoms with Crippen molar-refractivity contribution in [3.63, 3.8) is 0 Å². The van der Waals surface area contributed by atoms with Crippen molar-refractivity contribution in [2.75, 3.05) is 19.0 Å². The van der Waals surface area contributed by atoms with Gasteiger partial charge in [-0.05, 0) is 43.2 Å². The van der Waals surface area contributed by atoms with Gasteiger partial charge in [0.15, 0.2) is 5.78 Å². The van der Waals surface area contributed by atoms with Crippen LogP contribution >= 0.6 is 11.8 Å². The maximum absolute atomic E-state index is 13.0. The van der Waals surface area contributed by atoms with Crippen LogP contribution in [0.1, 0.15) is 43.2 Å². The lowest BCUT2D eigenvalue weighted by Crippen LogP contribution is -2.48. The number of Topliss-reactive ketones (excluding diaryl/α,β-unsaturated/α-hetero) is 1. The molecule has 0 aromatic heterocycles. The molecule has 5 nitrogen and oxygen atoms in total. The SMILES string of the molecule is O=C(C1SCN[C@@H]1CO)[C@@H]1CCCN1C(=O)CCCC1=Cc2ccccc2C1. The molecule has 0 saturated carbocycles. The zero-order valence-corrected chi connectivity index (χ0v) is 16.9. The van der Waals surface area contributed by atoms with Crippen LogP contribution in [0.4, 0.5) is 0 Å². The molecule has 6 heteroatoms. The predicted octanol–water partition coefficient (Wildman–Crippen LogP) is 2.38. The Hall–Kier alpha value is -1.63. The van der Waals surface area contributed by atoms with Crippen LogP contribution in [0.15, 0.2) is 29.8 Å². The maximum atomic E-state index is 13.0. The van der Waals surface area contributed by atoms with Gasteiger partial charge in [0, 0.05) is 24.9 Å². The summed E-state index contributed by atoms with van der Waals surface area (Å²) in [6.07, 6.45) is 7.14. The van der Waals surface area contributed by atoms with Gasteiger partial charge in [0.25, 0.3) is 0 Å². The van der Waals surface area contributed by atoms with E-state index in [0.717, 1.165) is 32.1 Å². The van der Waals surface area contributed by atoms with Crippen molar-refractivity contribution in [2.24, 2.45) is 0 Å². The maximum Gasteiger partial charge on any atom is 0.223 e. The van der Waals surface area contributed by atoms with E-state index in [1.807, 2.05) is 0 Å². The molecule has 0 radical (unpaired) electrons. The molecule has 2 heterocycles. The number of carbonyl (C=O) groups is 2. The summed E-state index contributed by atoms with van der Waals surface area (Å²) in [7, 11) is 0. The molecule has 0 bridgehead atoms. The number of nitrogens with zero attached hydrogens (tertiary/aromatic N) is 1. The Morgan fingerprint density at radius 3 is 2.96 bits per heavy atom. The highest BCUT2D eigenvalue weighted by molar-refractivity contribution is 8.00. The first-order valence-corrected chi connectivity index (χ1v) is 11.3. The topological polar surface area (TPSA) is 69.6 Å². The van der Waals surface area contributed by atoms with E-state index >= 15 is 0 Å². The summed E-state index contributed by atoms with van der Waals surface area (Å²) in [5.41, 5.74) is 4.06. The fraction of sp³-hybridized carbons (Fsp3) is 0.545. The van der Waals surface area contributed by atoms with Crippen LogP contribution in [0.25, 0.3) is 6.08 Å². The Morgan fingerprint density at radius 2 is 2.14 bits per heavy atom. The first kappa shape index (κ1) is 19.7. The minimum absolute atomic E-state index is 0.0401. The number of likely N-dealkylation sites (tertiary alicyclic amines) is 1. The lowest BCUT2D eigenvalue weighted by Gasteiger charge is -2.27. The number of hydrogen-bond donors (Lipinski definition) is 2. The number of ketones is 1. The molecule has 150 valence electrons. The van der Waals surface area contributed by atoms with Crippen LogP contribution in [0, 0.1) is 0 Å². The Balaban J connectivity index is 1.29. The summed E-state index contributed by atoms with van der Waals surface area (Å²) < 4.78 is 0. The van der Waals surface area contributed by atoms with E-state index < -0.39 is 0 Å². The second-order valence-corrected chi connectivity index (χ2v) is 9.03. The van der Waals surface area contributed by atoms with Crippen molar-refractivity contribution in [1.29, 1.82) is 0 Å². The van der Waals surface area contributed by atoms with Gasteiger partial charge in [-0.2, -0.15) is 0 Å². The third-order valence-electron chi connectivity index (χ3n) is 6.07. The first-order chi connectivity index (χ1) is 13.7. The van der Waals surface area contributed by atoms with E-state index in [2.05, 4.69) is 35.7 Å². The quantitative estimate of drug-likeness (QED) is 0.735. The lowest BCUT2D eigenvalue weighted by molar-refractivity contribution is -0.137. The molecule has 28 heavy (non-hydrogen) atoms. The van der Waals surface area contributed by atoms with Gasteiger partial charge in [0.1, 0.15) is 0 Å². The molecule has 1 aliphatic carbocycles. The summed E-state index contributed by atoms with van der Waals surface area (Å²) in [4.78, 5) is 27.6. The van der Waals surface area contributed by atoms with Gasteiger partial charge < -0.3 is 15.3 Å². The number of amides is 1. The molecule has 1 aromatic carbocycles. The number of fused-ring (bicyclic) bond motifs is 1. The van der Waals surface area contributed by atoms with Crippen LogP contribution < -0.4 is 5.32 Å². The molecule has 2 N–H and O–H groups in total. The summed E-state index contributed by atoms with van der Waals surface area (Å²) in [5, 5.41) is 12.4. The van der Waals surface area contributed by atoms with E-state index in [4.69, 9.17) is 0 Å². The number of allylic oxidation sites excluding steroid dienone is 1. The third-order valence-corrected chi connectivity index (χ3v) is 7.33. The van der Waals surface area contributed by atoms with E-state index in [-0.39, 0.29) is 35.6 Å². The molecule has 2 aliphatic heterocycles. The summed E-state index contributed by atoms with van der Waals surface area (Å²) in [5.74, 6) is 0.886. The Kier molecular flexibility index (Phi) is 6.19. The van der Waals surface area contributed by atoms with Gasteiger partial charge in [-0.25, -0.2) is 0 Å². The largest absolute Gasteiger partial charge is 0.395 e. The predicted molar refractivity (Wildman–Crippen MR) is 112 cm³/mol. The second kappa shape index (κ2) is 8.80. The van der Waals surface area contributed by atoms with E-state index in [1.54, 1.807) is 16.7 Å². The molecule has 3 aliphatic rings. The first-order valence-electron chi connectivity index (χ1n) is 10.2. The van der Waals surface area contributed by atoms with Crippen LogP contribution in [0.3, 0.4) is 0 Å². The van der Waals surface area contributed by atoms with Crippen molar-refractivity contribution < 1.29 is 14.7 Å². The van der Waals surface area contributed by atoms with Crippen LogP contribution in [-0.4, -0.2) is 58.1 Å². The summed E-state index contributed by atoms with van der Waals surface area (Å²) in [6.45, 7) is 0.638. The zero-order valence-electron chi connectivity index (χ0n) is 16.1. The van der Waals surface area contributed by atoms with Gasteiger partial charge in [-0.1, -0.05) is 35.9 Å².